The van der Waals surface area contributed by atoms with Gasteiger partial charge in [0.15, 0.2) is 0 Å². The summed E-state index contributed by atoms with van der Waals surface area (Å²) in [6.45, 7) is 6.25. The number of hydrogen-bond acceptors (Lipinski definition) is 3. The van der Waals surface area contributed by atoms with Crippen molar-refractivity contribution in [2.45, 2.75) is 32.6 Å². The summed E-state index contributed by atoms with van der Waals surface area (Å²) in [4.78, 5) is 5.73. The molecular weight excluding hydrogens is 288 g/mol. The quantitative estimate of drug-likeness (QED) is 0.818. The standard InChI is InChI=1S/C16H21ClN2S/c1-3-18-10-14(13-4-7-15(17)8-5-13)6-9-16-12(2)19-11-20-16/h4-5,7-8,11,14,18H,3,6,9-10H2,1-2H3. The Labute approximate surface area is 130 Å². The van der Waals surface area contributed by atoms with Crippen molar-refractivity contribution in [3.63, 3.8) is 0 Å². The van der Waals surface area contributed by atoms with Gasteiger partial charge in [0.1, 0.15) is 0 Å². The van der Waals surface area contributed by atoms with Crippen molar-refractivity contribution in [3.05, 3.63) is 50.9 Å². The maximum atomic E-state index is 5.98. The van der Waals surface area contributed by atoms with Gasteiger partial charge in [-0.25, -0.2) is 4.98 Å². The fourth-order valence-corrected chi connectivity index (χ4v) is 3.23. The second-order valence-corrected chi connectivity index (χ2v) is 6.33. The normalized spacial score (nSPS) is 12.6. The first-order chi connectivity index (χ1) is 9.70. The second kappa shape index (κ2) is 7.77. The van der Waals surface area contributed by atoms with Crippen LogP contribution in [0.1, 0.15) is 35.4 Å². The molecule has 1 N–H and O–H groups in total. The Kier molecular flexibility index (Phi) is 6.02. The largest absolute Gasteiger partial charge is 0.316 e. The lowest BCUT2D eigenvalue weighted by atomic mass is 9.93. The van der Waals surface area contributed by atoms with Gasteiger partial charge < -0.3 is 5.32 Å². The van der Waals surface area contributed by atoms with Crippen LogP contribution < -0.4 is 5.32 Å². The van der Waals surface area contributed by atoms with Gasteiger partial charge in [-0.15, -0.1) is 11.3 Å². The van der Waals surface area contributed by atoms with Crippen LogP contribution >= 0.6 is 22.9 Å². The molecule has 1 aromatic carbocycles. The van der Waals surface area contributed by atoms with Crippen LogP contribution in [0.4, 0.5) is 0 Å². The first kappa shape index (κ1) is 15.5. The Morgan fingerprint density at radius 1 is 1.30 bits per heavy atom. The monoisotopic (exact) mass is 308 g/mol. The van der Waals surface area contributed by atoms with E-state index in [1.807, 2.05) is 17.6 Å². The van der Waals surface area contributed by atoms with E-state index in [4.69, 9.17) is 11.6 Å². The summed E-state index contributed by atoms with van der Waals surface area (Å²) in [5, 5.41) is 4.26. The van der Waals surface area contributed by atoms with Gasteiger partial charge in [0.2, 0.25) is 0 Å². The SMILES string of the molecule is CCNCC(CCc1scnc1C)c1ccc(Cl)cc1. The second-order valence-electron chi connectivity index (χ2n) is 4.96. The van der Waals surface area contributed by atoms with Gasteiger partial charge in [0.25, 0.3) is 0 Å². The molecule has 0 fully saturated rings. The van der Waals surface area contributed by atoms with Crippen molar-refractivity contribution < 1.29 is 0 Å². The molecule has 0 radical (unpaired) electrons. The molecule has 0 aliphatic carbocycles. The molecule has 2 rings (SSSR count). The van der Waals surface area contributed by atoms with Gasteiger partial charge in [0, 0.05) is 16.4 Å². The minimum Gasteiger partial charge on any atom is -0.316 e. The zero-order valence-corrected chi connectivity index (χ0v) is 13.6. The third kappa shape index (κ3) is 4.30. The predicted octanol–water partition coefficient (Wildman–Crippen LogP) is 4.43. The number of rotatable bonds is 7. The van der Waals surface area contributed by atoms with Crippen LogP contribution in [0.15, 0.2) is 29.8 Å². The molecule has 1 unspecified atom stereocenters. The maximum absolute atomic E-state index is 5.98. The first-order valence-electron chi connectivity index (χ1n) is 7.05. The van der Waals surface area contributed by atoms with Gasteiger partial charge in [-0.3, -0.25) is 0 Å². The summed E-state index contributed by atoms with van der Waals surface area (Å²) in [6.07, 6.45) is 2.23. The Hall–Kier alpha value is -0.900. The summed E-state index contributed by atoms with van der Waals surface area (Å²) >= 11 is 7.74. The molecule has 0 spiro atoms. The molecule has 0 aliphatic rings. The summed E-state index contributed by atoms with van der Waals surface area (Å²) in [5.41, 5.74) is 4.47. The maximum Gasteiger partial charge on any atom is 0.0797 e. The van der Waals surface area contributed by atoms with E-state index in [9.17, 15) is 0 Å². The van der Waals surface area contributed by atoms with Gasteiger partial charge in [-0.1, -0.05) is 30.7 Å². The Morgan fingerprint density at radius 3 is 2.65 bits per heavy atom. The van der Waals surface area contributed by atoms with E-state index in [1.165, 1.54) is 16.1 Å². The number of aryl methyl sites for hydroxylation is 2. The lowest BCUT2D eigenvalue weighted by molar-refractivity contribution is 0.563. The first-order valence-corrected chi connectivity index (χ1v) is 8.31. The fraction of sp³-hybridized carbons (Fsp3) is 0.438. The molecule has 0 aliphatic heterocycles. The van der Waals surface area contributed by atoms with E-state index in [1.54, 1.807) is 11.3 Å². The van der Waals surface area contributed by atoms with Gasteiger partial charge >= 0.3 is 0 Å². The van der Waals surface area contributed by atoms with E-state index >= 15 is 0 Å². The minimum absolute atomic E-state index is 0.522. The predicted molar refractivity (Wildman–Crippen MR) is 87.9 cm³/mol. The molecule has 0 bridgehead atoms. The van der Waals surface area contributed by atoms with Crippen molar-refractivity contribution in [1.82, 2.24) is 10.3 Å². The molecule has 1 atom stereocenters. The van der Waals surface area contributed by atoms with Gasteiger partial charge in [-0.2, -0.15) is 0 Å². The highest BCUT2D eigenvalue weighted by molar-refractivity contribution is 7.09. The van der Waals surface area contributed by atoms with Crippen molar-refractivity contribution in [3.8, 4) is 0 Å². The molecule has 108 valence electrons. The highest BCUT2D eigenvalue weighted by atomic mass is 35.5. The van der Waals surface area contributed by atoms with Crippen LogP contribution in [0.2, 0.25) is 5.02 Å². The van der Waals surface area contributed by atoms with Crippen LogP contribution in [-0.2, 0) is 6.42 Å². The smallest absolute Gasteiger partial charge is 0.0797 e. The van der Waals surface area contributed by atoms with Crippen molar-refractivity contribution in [2.24, 2.45) is 0 Å². The number of hydrogen-bond donors (Lipinski definition) is 1. The summed E-state index contributed by atoms with van der Waals surface area (Å²) in [7, 11) is 0. The number of thiazole rings is 1. The van der Waals surface area contributed by atoms with E-state index in [0.29, 0.717) is 5.92 Å². The molecule has 4 heteroatoms. The molecule has 2 aromatic rings. The third-order valence-corrected chi connectivity index (χ3v) is 4.79. The topological polar surface area (TPSA) is 24.9 Å². The van der Waals surface area contributed by atoms with Gasteiger partial charge in [-0.05, 0) is 49.9 Å². The lowest BCUT2D eigenvalue weighted by Crippen LogP contribution is -2.21. The lowest BCUT2D eigenvalue weighted by Gasteiger charge is -2.17. The number of benzene rings is 1. The van der Waals surface area contributed by atoms with Crippen LogP contribution in [0.3, 0.4) is 0 Å². The highest BCUT2D eigenvalue weighted by Crippen LogP contribution is 2.25. The Morgan fingerprint density at radius 2 is 2.05 bits per heavy atom. The van der Waals surface area contributed by atoms with Crippen molar-refractivity contribution >= 4 is 22.9 Å². The van der Waals surface area contributed by atoms with Crippen LogP contribution in [-0.4, -0.2) is 18.1 Å². The molecular formula is C16H21ClN2S. The van der Waals surface area contributed by atoms with Crippen LogP contribution in [0.25, 0.3) is 0 Å². The number of likely N-dealkylation sites (N-methyl/N-ethyl adjacent to an activating group) is 1. The molecule has 2 nitrogen and oxygen atoms in total. The van der Waals surface area contributed by atoms with Crippen molar-refractivity contribution in [1.29, 1.82) is 0 Å². The Bertz CT molecular complexity index is 522. The zero-order chi connectivity index (χ0) is 14.4. The molecule has 1 heterocycles. The molecule has 0 saturated heterocycles. The number of halogens is 1. The average Bonchev–Trinajstić information content (AvgIpc) is 2.86. The summed E-state index contributed by atoms with van der Waals surface area (Å²) in [6, 6.07) is 8.25. The number of aromatic nitrogens is 1. The Balaban J connectivity index is 2.03. The van der Waals surface area contributed by atoms with Gasteiger partial charge in [0.05, 0.1) is 11.2 Å². The van der Waals surface area contributed by atoms with Crippen LogP contribution in [0, 0.1) is 6.92 Å². The van der Waals surface area contributed by atoms with E-state index in [-0.39, 0.29) is 0 Å². The third-order valence-electron chi connectivity index (χ3n) is 3.55. The zero-order valence-electron chi connectivity index (χ0n) is 12.0. The highest BCUT2D eigenvalue weighted by Gasteiger charge is 2.13. The van der Waals surface area contributed by atoms with Crippen LogP contribution in [0.5, 0.6) is 0 Å². The molecule has 1 aromatic heterocycles. The van der Waals surface area contributed by atoms with E-state index in [0.717, 1.165) is 31.0 Å². The van der Waals surface area contributed by atoms with Crippen molar-refractivity contribution in [2.75, 3.05) is 13.1 Å². The van der Waals surface area contributed by atoms with E-state index in [2.05, 4.69) is 36.3 Å². The minimum atomic E-state index is 0.522. The molecule has 0 saturated carbocycles. The molecule has 0 amide bonds. The van der Waals surface area contributed by atoms with E-state index < -0.39 is 0 Å². The summed E-state index contributed by atoms with van der Waals surface area (Å²) in [5.74, 6) is 0.522. The number of nitrogens with zero attached hydrogens (tertiary/aromatic N) is 1. The summed E-state index contributed by atoms with van der Waals surface area (Å²) < 4.78 is 0. The molecule has 20 heavy (non-hydrogen) atoms. The number of nitrogens with one attached hydrogen (secondary N) is 1. The fourth-order valence-electron chi connectivity index (χ4n) is 2.31. The average molecular weight is 309 g/mol.